The summed E-state index contributed by atoms with van der Waals surface area (Å²) in [5, 5.41) is 8.61. The Morgan fingerprint density at radius 1 is 1.38 bits per heavy atom. The number of rotatable bonds is 2. The summed E-state index contributed by atoms with van der Waals surface area (Å²) in [6.45, 7) is 0.176. The molecule has 0 saturated carbocycles. The Kier molecular flexibility index (Phi) is 3.08. The van der Waals surface area contributed by atoms with Gasteiger partial charge in [0, 0.05) is 23.6 Å². The van der Waals surface area contributed by atoms with Gasteiger partial charge in [0.1, 0.15) is 0 Å². The van der Waals surface area contributed by atoms with Gasteiger partial charge in [0.2, 0.25) is 6.79 Å². The number of carbonyl (C=O) groups is 1. The first-order valence-corrected chi connectivity index (χ1v) is 4.83. The van der Waals surface area contributed by atoms with Crippen LogP contribution in [0.1, 0.15) is 22.3 Å². The molecule has 82 valence electrons. The summed E-state index contributed by atoms with van der Waals surface area (Å²) < 4.78 is 10.3. The number of benzene rings is 1. The Hall–Kier alpha value is -1.99. The summed E-state index contributed by atoms with van der Waals surface area (Å²) in [6, 6.07) is 3.29. The van der Waals surface area contributed by atoms with Crippen molar-refractivity contribution in [3.63, 3.8) is 0 Å². The fourth-order valence-electron chi connectivity index (χ4n) is 1.38. The van der Waals surface area contributed by atoms with Gasteiger partial charge in [0.15, 0.2) is 17.8 Å². The molecule has 0 amide bonds. The number of aliphatic hydroxyl groups is 1. The van der Waals surface area contributed by atoms with E-state index in [1.807, 2.05) is 0 Å². The highest BCUT2D eigenvalue weighted by Crippen LogP contribution is 2.34. The number of fused-ring (bicyclic) bond motifs is 1. The van der Waals surface area contributed by atoms with Crippen molar-refractivity contribution in [3.8, 4) is 23.3 Å². The predicted molar refractivity (Wildman–Crippen MR) is 56.5 cm³/mol. The topological polar surface area (TPSA) is 55.8 Å². The van der Waals surface area contributed by atoms with E-state index in [2.05, 4.69) is 11.8 Å². The maximum absolute atomic E-state index is 10.8. The minimum Gasteiger partial charge on any atom is -0.454 e. The molecule has 1 aliphatic rings. The molecule has 4 nitrogen and oxygen atoms in total. The largest absolute Gasteiger partial charge is 0.454 e. The average molecular weight is 218 g/mol. The van der Waals surface area contributed by atoms with Crippen LogP contribution < -0.4 is 9.47 Å². The van der Waals surface area contributed by atoms with E-state index < -0.39 is 0 Å². The smallest absolute Gasteiger partial charge is 0.231 e. The number of hydrogen-bond donors (Lipinski definition) is 1. The quantitative estimate of drug-likeness (QED) is 0.593. The zero-order valence-electron chi connectivity index (χ0n) is 8.53. The van der Waals surface area contributed by atoms with Crippen molar-refractivity contribution in [3.05, 3.63) is 23.3 Å². The second-order valence-corrected chi connectivity index (χ2v) is 3.19. The molecule has 0 bridgehead atoms. The molecule has 0 atom stereocenters. The molecule has 1 aromatic carbocycles. The lowest BCUT2D eigenvalue weighted by Gasteiger charge is -2.00. The van der Waals surface area contributed by atoms with E-state index in [9.17, 15) is 4.79 Å². The lowest BCUT2D eigenvalue weighted by atomic mass is 10.1. The second-order valence-electron chi connectivity index (χ2n) is 3.19. The fourth-order valence-corrected chi connectivity index (χ4v) is 1.38. The summed E-state index contributed by atoms with van der Waals surface area (Å²) in [6.07, 6.45) is 1.11. The van der Waals surface area contributed by atoms with Gasteiger partial charge in [-0.1, -0.05) is 11.8 Å². The maximum Gasteiger partial charge on any atom is 0.231 e. The molecule has 0 fully saturated rings. The number of ether oxygens (including phenoxy) is 2. The van der Waals surface area contributed by atoms with Gasteiger partial charge < -0.3 is 14.6 Å². The van der Waals surface area contributed by atoms with Crippen LogP contribution in [0, 0.1) is 11.8 Å². The number of aliphatic hydroxyl groups excluding tert-OH is 1. The summed E-state index contributed by atoms with van der Waals surface area (Å²) >= 11 is 0. The number of carbonyl (C=O) groups excluding carboxylic acids is 1. The summed E-state index contributed by atoms with van der Waals surface area (Å²) in [5.41, 5.74) is 1.06. The van der Waals surface area contributed by atoms with E-state index >= 15 is 0 Å². The molecule has 0 unspecified atom stereocenters. The summed E-state index contributed by atoms with van der Waals surface area (Å²) in [7, 11) is 0. The van der Waals surface area contributed by atoms with Crippen molar-refractivity contribution in [2.24, 2.45) is 0 Å². The van der Waals surface area contributed by atoms with Crippen LogP contribution in [0.3, 0.4) is 0 Å². The molecule has 16 heavy (non-hydrogen) atoms. The Morgan fingerprint density at radius 3 is 2.81 bits per heavy atom. The van der Waals surface area contributed by atoms with E-state index in [1.54, 1.807) is 12.1 Å². The van der Waals surface area contributed by atoms with Crippen molar-refractivity contribution in [1.82, 2.24) is 0 Å². The molecule has 0 saturated heterocycles. The predicted octanol–water partition coefficient (Wildman–Crippen LogP) is 0.962. The van der Waals surface area contributed by atoms with E-state index in [4.69, 9.17) is 14.6 Å². The molecule has 1 N–H and O–H groups in total. The third-order valence-corrected chi connectivity index (χ3v) is 2.13. The van der Waals surface area contributed by atoms with E-state index in [-0.39, 0.29) is 13.4 Å². The van der Waals surface area contributed by atoms with Gasteiger partial charge in [0.05, 0.1) is 6.61 Å². The zero-order valence-corrected chi connectivity index (χ0v) is 8.53. The molecule has 4 heteroatoms. The fraction of sp³-hybridized carbons (Fsp3) is 0.250. The highest BCUT2D eigenvalue weighted by atomic mass is 16.7. The Balaban J connectivity index is 2.37. The van der Waals surface area contributed by atoms with E-state index in [0.717, 1.165) is 6.29 Å². The van der Waals surface area contributed by atoms with Crippen molar-refractivity contribution in [2.45, 2.75) is 6.42 Å². The monoisotopic (exact) mass is 218 g/mol. The summed E-state index contributed by atoms with van der Waals surface area (Å²) in [5.74, 6) is 6.74. The van der Waals surface area contributed by atoms with Crippen LogP contribution in [0.5, 0.6) is 11.5 Å². The van der Waals surface area contributed by atoms with Crippen molar-refractivity contribution in [1.29, 1.82) is 0 Å². The highest BCUT2D eigenvalue weighted by Gasteiger charge is 2.15. The van der Waals surface area contributed by atoms with Gasteiger partial charge in [0.25, 0.3) is 0 Å². The van der Waals surface area contributed by atoms with Gasteiger partial charge >= 0.3 is 0 Å². The van der Waals surface area contributed by atoms with Crippen LogP contribution in [0.25, 0.3) is 0 Å². The normalized spacial score (nSPS) is 11.8. The van der Waals surface area contributed by atoms with Gasteiger partial charge in [-0.3, -0.25) is 4.79 Å². The lowest BCUT2D eigenvalue weighted by molar-refractivity contribution is 0.112. The third-order valence-electron chi connectivity index (χ3n) is 2.13. The molecule has 2 rings (SSSR count). The number of hydrogen-bond acceptors (Lipinski definition) is 4. The Labute approximate surface area is 92.8 Å². The van der Waals surface area contributed by atoms with Crippen molar-refractivity contribution < 1.29 is 19.4 Å². The van der Waals surface area contributed by atoms with Gasteiger partial charge in [-0.2, -0.15) is 0 Å². The standard InChI is InChI=1S/C12H10O4/c13-4-2-1-3-9-5-11-12(16-8-15-11)6-10(9)7-14/h5-7,13H,2,4,8H2. The van der Waals surface area contributed by atoms with Crippen LogP contribution >= 0.6 is 0 Å². The number of aldehydes is 1. The first-order valence-electron chi connectivity index (χ1n) is 4.83. The van der Waals surface area contributed by atoms with Crippen LogP contribution in [0.4, 0.5) is 0 Å². The van der Waals surface area contributed by atoms with Crippen molar-refractivity contribution >= 4 is 6.29 Å². The van der Waals surface area contributed by atoms with Crippen molar-refractivity contribution in [2.75, 3.05) is 13.4 Å². The van der Waals surface area contributed by atoms with Crippen LogP contribution in [0.15, 0.2) is 12.1 Å². The van der Waals surface area contributed by atoms with E-state index in [1.165, 1.54) is 0 Å². The molecule has 0 aromatic heterocycles. The minimum atomic E-state index is 0.00791. The molecular weight excluding hydrogens is 208 g/mol. The van der Waals surface area contributed by atoms with Crippen LogP contribution in [-0.4, -0.2) is 24.8 Å². The first-order chi connectivity index (χ1) is 7.85. The first kappa shape index (κ1) is 10.5. The van der Waals surface area contributed by atoms with Gasteiger partial charge in [-0.15, -0.1) is 0 Å². The maximum atomic E-state index is 10.8. The molecular formula is C12H10O4. The third kappa shape index (κ3) is 2.00. The lowest BCUT2D eigenvalue weighted by Crippen LogP contribution is -1.92. The summed E-state index contributed by atoms with van der Waals surface area (Å²) in [4.78, 5) is 10.8. The van der Waals surface area contributed by atoms with Gasteiger partial charge in [-0.05, 0) is 6.07 Å². The Morgan fingerprint density at radius 2 is 2.12 bits per heavy atom. The minimum absolute atomic E-state index is 0.00791. The molecule has 1 aliphatic heterocycles. The van der Waals surface area contributed by atoms with Gasteiger partial charge in [-0.25, -0.2) is 0 Å². The second kappa shape index (κ2) is 4.69. The molecule has 1 aromatic rings. The average Bonchev–Trinajstić information content (AvgIpc) is 2.75. The zero-order chi connectivity index (χ0) is 11.4. The van der Waals surface area contributed by atoms with Crippen LogP contribution in [0.2, 0.25) is 0 Å². The Bertz CT molecular complexity index is 468. The van der Waals surface area contributed by atoms with E-state index in [0.29, 0.717) is 29.0 Å². The molecule has 0 spiro atoms. The molecule has 1 heterocycles. The molecule has 0 aliphatic carbocycles. The molecule has 0 radical (unpaired) electrons. The SMILES string of the molecule is O=Cc1cc2c(cc1C#CCCO)OCO2. The van der Waals surface area contributed by atoms with Crippen LogP contribution in [-0.2, 0) is 0 Å². The highest BCUT2D eigenvalue weighted by molar-refractivity contribution is 5.81.